The quantitative estimate of drug-likeness (QED) is 0.477. The molecule has 0 N–H and O–H groups in total. The molecule has 0 nitrogen and oxygen atoms in total. The molecule has 0 radical (unpaired) electrons. The van der Waals surface area contributed by atoms with Crippen molar-refractivity contribution in [3.8, 4) is 0 Å². The predicted molar refractivity (Wildman–Crippen MR) is 36.7 cm³/mol. The first-order valence-electron chi connectivity index (χ1n) is 3.32. The normalized spacial score (nSPS) is 16.0. The van der Waals surface area contributed by atoms with Crippen LogP contribution in [0.3, 0.4) is 0 Å². The Morgan fingerprint density at radius 2 is 1.20 bits per heavy atom. The van der Waals surface area contributed by atoms with Crippen LogP contribution in [0.1, 0.15) is 25.7 Å². The van der Waals surface area contributed by atoms with Crippen molar-refractivity contribution in [2.24, 2.45) is 0 Å². The van der Waals surface area contributed by atoms with Crippen molar-refractivity contribution in [1.29, 1.82) is 0 Å². The molecule has 2 heteroatoms. The van der Waals surface area contributed by atoms with Crippen LogP contribution in [-0.4, -0.2) is 0 Å². The first-order chi connectivity index (χ1) is 4.00. The van der Waals surface area contributed by atoms with Gasteiger partial charge in [0.05, 0.1) is 0 Å². The number of halogens is 1. The third-order valence-electron chi connectivity index (χ3n) is 1.37. The van der Waals surface area contributed by atoms with Crippen molar-refractivity contribution < 1.29 is 29.5 Å². The maximum absolute atomic E-state index is 2.23. The molecule has 0 unspecified atom stereocenters. The number of hydrogen-bond donors (Lipinski definition) is 0. The summed E-state index contributed by atoms with van der Waals surface area (Å²) < 4.78 is 0. The molecule has 0 aromatic rings. The van der Waals surface area contributed by atoms with Crippen LogP contribution in [-0.2, 0) is 17.1 Å². The molecule has 0 saturated carbocycles. The molecular formula is C8H12ClCu. The predicted octanol–water partition coefficient (Wildman–Crippen LogP) is -0.326. The van der Waals surface area contributed by atoms with Crippen molar-refractivity contribution in [2.45, 2.75) is 25.7 Å². The van der Waals surface area contributed by atoms with Gasteiger partial charge in [0.25, 0.3) is 0 Å². The summed E-state index contributed by atoms with van der Waals surface area (Å²) >= 11 is 0. The van der Waals surface area contributed by atoms with Crippen LogP contribution in [0, 0.1) is 0 Å². The van der Waals surface area contributed by atoms with Gasteiger partial charge in [-0.05, 0) is 25.7 Å². The van der Waals surface area contributed by atoms with E-state index in [1.54, 1.807) is 0 Å². The third kappa shape index (κ3) is 6.41. The van der Waals surface area contributed by atoms with Gasteiger partial charge >= 0.3 is 17.1 Å². The second-order valence-electron chi connectivity index (χ2n) is 2.14. The van der Waals surface area contributed by atoms with Crippen LogP contribution < -0.4 is 12.4 Å². The minimum atomic E-state index is 0. The van der Waals surface area contributed by atoms with Crippen molar-refractivity contribution in [2.75, 3.05) is 0 Å². The van der Waals surface area contributed by atoms with Crippen molar-refractivity contribution in [3.63, 3.8) is 0 Å². The van der Waals surface area contributed by atoms with Gasteiger partial charge < -0.3 is 12.4 Å². The molecule has 62 valence electrons. The molecule has 0 aromatic carbocycles. The van der Waals surface area contributed by atoms with Gasteiger partial charge in [0.1, 0.15) is 0 Å². The van der Waals surface area contributed by atoms with Gasteiger partial charge in [-0.15, -0.1) is 0 Å². The molecule has 0 fully saturated rings. The maximum Gasteiger partial charge on any atom is 1.00 e. The molecule has 0 aliphatic heterocycles. The molecule has 0 atom stereocenters. The molecule has 1 aliphatic carbocycles. The van der Waals surface area contributed by atoms with Crippen LogP contribution in [0.5, 0.6) is 0 Å². The monoisotopic (exact) mass is 206 g/mol. The summed E-state index contributed by atoms with van der Waals surface area (Å²) in [6.07, 6.45) is 14.0. The van der Waals surface area contributed by atoms with Gasteiger partial charge in [0, 0.05) is 0 Å². The Morgan fingerprint density at radius 3 is 1.60 bits per heavy atom. The summed E-state index contributed by atoms with van der Waals surface area (Å²) in [7, 11) is 0. The zero-order valence-corrected chi connectivity index (χ0v) is 7.51. The molecule has 0 saturated heterocycles. The van der Waals surface area contributed by atoms with E-state index in [4.69, 9.17) is 0 Å². The summed E-state index contributed by atoms with van der Waals surface area (Å²) in [6, 6.07) is 0. The van der Waals surface area contributed by atoms with E-state index >= 15 is 0 Å². The van der Waals surface area contributed by atoms with Crippen LogP contribution in [0.2, 0.25) is 0 Å². The Balaban J connectivity index is 0. The third-order valence-corrected chi connectivity index (χ3v) is 1.37. The Kier molecular flexibility index (Phi) is 12.0. The maximum atomic E-state index is 2.23. The molecule has 0 bridgehead atoms. The SMILES string of the molecule is C1=CCCCCC=C1.[Cl-].[Cu+]. The fourth-order valence-electron chi connectivity index (χ4n) is 0.874. The fraction of sp³-hybridized carbons (Fsp3) is 0.500. The average Bonchev–Trinajstić information content (AvgIpc) is 1.62. The van der Waals surface area contributed by atoms with Crippen LogP contribution in [0.15, 0.2) is 24.3 Å². The Labute approximate surface area is 79.7 Å². The van der Waals surface area contributed by atoms with Crippen LogP contribution in [0.25, 0.3) is 0 Å². The second kappa shape index (κ2) is 9.29. The van der Waals surface area contributed by atoms with E-state index in [2.05, 4.69) is 24.3 Å². The van der Waals surface area contributed by atoms with Crippen molar-refractivity contribution in [3.05, 3.63) is 24.3 Å². The van der Waals surface area contributed by atoms with Gasteiger partial charge in [-0.2, -0.15) is 0 Å². The topological polar surface area (TPSA) is 0 Å². The Morgan fingerprint density at radius 1 is 0.800 bits per heavy atom. The molecule has 0 aromatic heterocycles. The largest absolute Gasteiger partial charge is 1.00 e. The molecule has 0 heterocycles. The van der Waals surface area contributed by atoms with E-state index < -0.39 is 0 Å². The first-order valence-corrected chi connectivity index (χ1v) is 3.32. The summed E-state index contributed by atoms with van der Waals surface area (Å²) in [5.41, 5.74) is 0. The summed E-state index contributed by atoms with van der Waals surface area (Å²) in [4.78, 5) is 0. The Hall–Kier alpha value is 0.289. The molecule has 0 spiro atoms. The smallest absolute Gasteiger partial charge is 1.00 e. The van der Waals surface area contributed by atoms with E-state index in [-0.39, 0.29) is 29.5 Å². The van der Waals surface area contributed by atoms with E-state index in [0.29, 0.717) is 0 Å². The van der Waals surface area contributed by atoms with Crippen molar-refractivity contribution >= 4 is 0 Å². The molecule has 10 heavy (non-hydrogen) atoms. The summed E-state index contributed by atoms with van der Waals surface area (Å²) in [6.45, 7) is 0. The van der Waals surface area contributed by atoms with E-state index in [9.17, 15) is 0 Å². The standard InChI is InChI=1S/C8H12.ClH.Cu/c1-2-4-6-8-7-5-3-1;;/h1-4H,5-8H2;1H;/q;;+1/p-1. The van der Waals surface area contributed by atoms with Gasteiger partial charge in [-0.1, -0.05) is 24.3 Å². The number of hydrogen-bond acceptors (Lipinski definition) is 0. The van der Waals surface area contributed by atoms with Gasteiger partial charge in [0.2, 0.25) is 0 Å². The first kappa shape index (κ1) is 12.9. The van der Waals surface area contributed by atoms with Gasteiger partial charge in [-0.3, -0.25) is 0 Å². The van der Waals surface area contributed by atoms with Crippen LogP contribution in [0.4, 0.5) is 0 Å². The van der Waals surface area contributed by atoms with Gasteiger partial charge in [-0.25, -0.2) is 0 Å². The van der Waals surface area contributed by atoms with E-state index in [1.807, 2.05) is 0 Å². The minimum absolute atomic E-state index is 0. The zero-order chi connectivity index (χ0) is 5.66. The molecule has 1 rings (SSSR count). The van der Waals surface area contributed by atoms with Crippen LogP contribution >= 0.6 is 0 Å². The summed E-state index contributed by atoms with van der Waals surface area (Å²) in [5.74, 6) is 0. The van der Waals surface area contributed by atoms with E-state index in [1.165, 1.54) is 25.7 Å². The van der Waals surface area contributed by atoms with E-state index in [0.717, 1.165) is 0 Å². The fourth-order valence-corrected chi connectivity index (χ4v) is 0.874. The average molecular weight is 207 g/mol. The second-order valence-corrected chi connectivity index (χ2v) is 2.14. The zero-order valence-electron chi connectivity index (χ0n) is 5.82. The molecule has 1 aliphatic rings. The minimum Gasteiger partial charge on any atom is -1.00 e. The van der Waals surface area contributed by atoms with Gasteiger partial charge in [0.15, 0.2) is 0 Å². The summed E-state index contributed by atoms with van der Waals surface area (Å²) in [5, 5.41) is 0. The Bertz CT molecular complexity index is 93.8. The number of rotatable bonds is 0. The number of allylic oxidation sites excluding steroid dienone is 4. The molecular weight excluding hydrogens is 195 g/mol. The molecule has 0 amide bonds. The van der Waals surface area contributed by atoms with Crippen molar-refractivity contribution in [1.82, 2.24) is 0 Å².